The SMILES string of the molecule is CC(C)(C(=O)N1CCN(C(=O)Nc2cccc(Cl)c2)CC1)c1ccccc1. The Bertz CT molecular complexity index is 815. The molecule has 2 aromatic carbocycles. The van der Waals surface area contributed by atoms with Crippen LogP contribution in [0.15, 0.2) is 54.6 Å². The summed E-state index contributed by atoms with van der Waals surface area (Å²) in [5.74, 6) is 0.0867. The summed E-state index contributed by atoms with van der Waals surface area (Å²) in [5, 5.41) is 3.43. The maximum absolute atomic E-state index is 13.0. The minimum atomic E-state index is -0.591. The second kappa shape index (κ2) is 8.01. The number of carbonyl (C=O) groups excluding carboxylic acids is 2. The summed E-state index contributed by atoms with van der Waals surface area (Å²) in [6.07, 6.45) is 0. The summed E-state index contributed by atoms with van der Waals surface area (Å²) >= 11 is 5.95. The number of amides is 3. The molecule has 1 aliphatic heterocycles. The van der Waals surface area contributed by atoms with Crippen molar-refractivity contribution in [3.8, 4) is 0 Å². The zero-order valence-corrected chi connectivity index (χ0v) is 16.4. The lowest BCUT2D eigenvalue weighted by Gasteiger charge is -2.38. The van der Waals surface area contributed by atoms with Crippen LogP contribution in [0.5, 0.6) is 0 Å². The summed E-state index contributed by atoms with van der Waals surface area (Å²) < 4.78 is 0. The van der Waals surface area contributed by atoms with Crippen molar-refractivity contribution >= 4 is 29.2 Å². The maximum Gasteiger partial charge on any atom is 0.321 e. The Morgan fingerprint density at radius 1 is 0.926 bits per heavy atom. The Balaban J connectivity index is 1.58. The van der Waals surface area contributed by atoms with Crippen molar-refractivity contribution in [1.29, 1.82) is 0 Å². The van der Waals surface area contributed by atoms with Crippen LogP contribution in [0.2, 0.25) is 5.02 Å². The molecule has 0 unspecified atom stereocenters. The van der Waals surface area contributed by atoms with Gasteiger partial charge in [-0.25, -0.2) is 4.79 Å². The third-order valence-electron chi connectivity index (χ3n) is 4.96. The quantitative estimate of drug-likeness (QED) is 0.868. The number of nitrogens with one attached hydrogen (secondary N) is 1. The normalized spacial score (nSPS) is 14.8. The topological polar surface area (TPSA) is 52.7 Å². The Morgan fingerprint density at radius 2 is 1.56 bits per heavy atom. The van der Waals surface area contributed by atoms with Gasteiger partial charge in [-0.15, -0.1) is 0 Å². The van der Waals surface area contributed by atoms with Crippen molar-refractivity contribution in [2.75, 3.05) is 31.5 Å². The molecule has 1 saturated heterocycles. The van der Waals surface area contributed by atoms with Crippen molar-refractivity contribution in [3.63, 3.8) is 0 Å². The molecule has 142 valence electrons. The molecule has 3 rings (SSSR count). The summed E-state index contributed by atoms with van der Waals surface area (Å²) in [6, 6.07) is 16.7. The molecule has 5 nitrogen and oxygen atoms in total. The van der Waals surface area contributed by atoms with E-state index >= 15 is 0 Å². The maximum atomic E-state index is 13.0. The lowest BCUT2D eigenvalue weighted by atomic mass is 9.83. The summed E-state index contributed by atoms with van der Waals surface area (Å²) in [6.45, 7) is 5.95. The molecule has 1 fully saturated rings. The minimum Gasteiger partial charge on any atom is -0.338 e. The Morgan fingerprint density at radius 3 is 2.19 bits per heavy atom. The number of rotatable bonds is 3. The van der Waals surface area contributed by atoms with Crippen molar-refractivity contribution < 1.29 is 9.59 Å². The molecule has 27 heavy (non-hydrogen) atoms. The monoisotopic (exact) mass is 385 g/mol. The highest BCUT2D eigenvalue weighted by molar-refractivity contribution is 6.30. The molecule has 0 atom stereocenters. The van der Waals surface area contributed by atoms with E-state index in [-0.39, 0.29) is 11.9 Å². The first kappa shape index (κ1) is 19.2. The van der Waals surface area contributed by atoms with Gasteiger partial charge in [-0.1, -0.05) is 48.0 Å². The predicted molar refractivity (Wildman–Crippen MR) is 108 cm³/mol. The molecule has 2 aromatic rings. The van der Waals surface area contributed by atoms with Gasteiger partial charge < -0.3 is 15.1 Å². The number of nitrogens with zero attached hydrogens (tertiary/aromatic N) is 2. The molecule has 6 heteroatoms. The van der Waals surface area contributed by atoms with Gasteiger partial charge in [0.2, 0.25) is 5.91 Å². The number of benzene rings is 2. The number of piperazine rings is 1. The lowest BCUT2D eigenvalue weighted by molar-refractivity contribution is -0.137. The first-order valence-corrected chi connectivity index (χ1v) is 9.42. The van der Waals surface area contributed by atoms with Crippen molar-refractivity contribution in [2.24, 2.45) is 0 Å². The first-order chi connectivity index (χ1) is 12.9. The molecule has 1 N–H and O–H groups in total. The van der Waals surface area contributed by atoms with Crippen molar-refractivity contribution in [1.82, 2.24) is 9.80 Å². The highest BCUT2D eigenvalue weighted by Crippen LogP contribution is 2.26. The van der Waals surface area contributed by atoms with Crippen LogP contribution in [0, 0.1) is 0 Å². The Kier molecular flexibility index (Phi) is 5.71. The molecular formula is C21H24ClN3O2. The van der Waals surface area contributed by atoms with E-state index in [1.807, 2.05) is 49.1 Å². The third-order valence-corrected chi connectivity index (χ3v) is 5.20. The minimum absolute atomic E-state index is 0.0867. The Hall–Kier alpha value is -2.53. The second-order valence-electron chi connectivity index (χ2n) is 7.21. The molecule has 1 aliphatic rings. The van der Waals surface area contributed by atoms with Crippen LogP contribution in [0.25, 0.3) is 0 Å². The molecule has 3 amide bonds. The number of carbonyl (C=O) groups is 2. The molecule has 0 radical (unpaired) electrons. The van der Waals surface area contributed by atoms with Gasteiger partial charge >= 0.3 is 6.03 Å². The molecule has 0 spiro atoms. The molecular weight excluding hydrogens is 362 g/mol. The van der Waals surface area contributed by atoms with E-state index in [0.29, 0.717) is 36.9 Å². The molecule has 1 heterocycles. The smallest absolute Gasteiger partial charge is 0.321 e. The van der Waals surface area contributed by atoms with Gasteiger partial charge in [0.25, 0.3) is 0 Å². The van der Waals surface area contributed by atoms with E-state index in [1.165, 1.54) is 0 Å². The van der Waals surface area contributed by atoms with E-state index in [9.17, 15) is 9.59 Å². The fraction of sp³-hybridized carbons (Fsp3) is 0.333. The van der Waals surface area contributed by atoms with Crippen LogP contribution in [0.4, 0.5) is 10.5 Å². The lowest BCUT2D eigenvalue weighted by Crippen LogP contribution is -2.55. The molecule has 0 aromatic heterocycles. The van der Waals surface area contributed by atoms with Gasteiger partial charge in [-0.3, -0.25) is 4.79 Å². The second-order valence-corrected chi connectivity index (χ2v) is 7.65. The Labute approximate surface area is 164 Å². The van der Waals surface area contributed by atoms with Crippen LogP contribution in [0.1, 0.15) is 19.4 Å². The average Bonchev–Trinajstić information content (AvgIpc) is 2.68. The fourth-order valence-electron chi connectivity index (χ4n) is 3.25. The molecule has 0 aliphatic carbocycles. The van der Waals surface area contributed by atoms with E-state index in [4.69, 9.17) is 11.6 Å². The summed E-state index contributed by atoms with van der Waals surface area (Å²) in [7, 11) is 0. The van der Waals surface area contributed by atoms with Gasteiger partial charge in [0.05, 0.1) is 5.41 Å². The van der Waals surface area contributed by atoms with E-state index < -0.39 is 5.41 Å². The zero-order chi connectivity index (χ0) is 19.4. The standard InChI is InChI=1S/C21H24ClN3O2/c1-21(2,16-7-4-3-5-8-16)19(26)24-11-13-25(14-12-24)20(27)23-18-10-6-9-17(22)15-18/h3-10,15H,11-14H2,1-2H3,(H,23,27). The van der Waals surface area contributed by atoms with Gasteiger partial charge in [-0.05, 0) is 37.6 Å². The summed E-state index contributed by atoms with van der Waals surface area (Å²) in [4.78, 5) is 29.0. The van der Waals surface area contributed by atoms with Gasteiger partial charge in [0.1, 0.15) is 0 Å². The summed E-state index contributed by atoms with van der Waals surface area (Å²) in [5.41, 5.74) is 1.07. The molecule has 0 saturated carbocycles. The van der Waals surface area contributed by atoms with Crippen molar-refractivity contribution in [2.45, 2.75) is 19.3 Å². The number of hydrogen-bond donors (Lipinski definition) is 1. The van der Waals surface area contributed by atoms with Gasteiger partial charge in [-0.2, -0.15) is 0 Å². The van der Waals surface area contributed by atoms with Crippen LogP contribution in [-0.2, 0) is 10.2 Å². The first-order valence-electron chi connectivity index (χ1n) is 9.04. The molecule has 0 bridgehead atoms. The van der Waals surface area contributed by atoms with Gasteiger partial charge in [0.15, 0.2) is 0 Å². The van der Waals surface area contributed by atoms with E-state index in [2.05, 4.69) is 5.32 Å². The number of urea groups is 1. The highest BCUT2D eigenvalue weighted by atomic mass is 35.5. The zero-order valence-electron chi connectivity index (χ0n) is 15.6. The average molecular weight is 386 g/mol. The van der Waals surface area contributed by atoms with Crippen LogP contribution >= 0.6 is 11.6 Å². The predicted octanol–water partition coefficient (Wildman–Crippen LogP) is 3.99. The number of halogens is 1. The number of hydrogen-bond acceptors (Lipinski definition) is 2. The highest BCUT2D eigenvalue weighted by Gasteiger charge is 2.35. The van der Waals surface area contributed by atoms with Crippen LogP contribution in [0.3, 0.4) is 0 Å². The number of anilines is 1. The van der Waals surface area contributed by atoms with E-state index in [0.717, 1.165) is 5.56 Å². The van der Waals surface area contributed by atoms with Crippen LogP contribution in [-0.4, -0.2) is 47.9 Å². The third kappa shape index (κ3) is 4.42. The largest absolute Gasteiger partial charge is 0.338 e. The van der Waals surface area contributed by atoms with E-state index in [1.54, 1.807) is 29.2 Å². The van der Waals surface area contributed by atoms with Gasteiger partial charge in [0, 0.05) is 36.9 Å². The van der Waals surface area contributed by atoms with Crippen LogP contribution < -0.4 is 5.32 Å². The fourth-order valence-corrected chi connectivity index (χ4v) is 3.45. The van der Waals surface area contributed by atoms with Crippen molar-refractivity contribution in [3.05, 3.63) is 65.2 Å².